The van der Waals surface area contributed by atoms with Crippen LogP contribution in [0.5, 0.6) is 0 Å². The Kier molecular flexibility index (Phi) is 4.19. The quantitative estimate of drug-likeness (QED) is 0.546. The number of aldehydes is 1. The van der Waals surface area contributed by atoms with Crippen molar-refractivity contribution in [1.29, 1.82) is 0 Å². The van der Waals surface area contributed by atoms with E-state index in [0.717, 1.165) is 18.4 Å². The summed E-state index contributed by atoms with van der Waals surface area (Å²) in [6.07, 6.45) is 8.23. The number of rotatable bonds is 6. The standard InChI is InChI=1S/C16H21NO/c1-3-4-5-6-9-17-11-15-8-7-14(12-18)10-16(15)13(17)2/h7-8,10-12H,3-6,9H2,1-2H3. The zero-order valence-corrected chi connectivity index (χ0v) is 11.3. The van der Waals surface area contributed by atoms with E-state index in [0.29, 0.717) is 0 Å². The molecule has 0 saturated carbocycles. The van der Waals surface area contributed by atoms with E-state index < -0.39 is 0 Å². The van der Waals surface area contributed by atoms with Gasteiger partial charge >= 0.3 is 0 Å². The van der Waals surface area contributed by atoms with Gasteiger partial charge in [-0.3, -0.25) is 4.79 Å². The zero-order valence-electron chi connectivity index (χ0n) is 11.3. The van der Waals surface area contributed by atoms with E-state index in [1.165, 1.54) is 42.1 Å². The van der Waals surface area contributed by atoms with Crippen LogP contribution in [0.3, 0.4) is 0 Å². The Morgan fingerprint density at radius 2 is 2.06 bits per heavy atom. The summed E-state index contributed by atoms with van der Waals surface area (Å²) in [5, 5.41) is 2.43. The SMILES string of the molecule is CCCCCCn1cc2ccc(C=O)cc2c1C. The monoisotopic (exact) mass is 243 g/mol. The molecule has 2 heteroatoms. The highest BCUT2D eigenvalue weighted by Gasteiger charge is 2.05. The van der Waals surface area contributed by atoms with Gasteiger partial charge in [0.2, 0.25) is 0 Å². The average molecular weight is 243 g/mol. The minimum atomic E-state index is 0.759. The minimum Gasteiger partial charge on any atom is -0.350 e. The molecule has 0 aliphatic carbocycles. The maximum Gasteiger partial charge on any atom is 0.150 e. The molecule has 0 radical (unpaired) electrons. The molecule has 18 heavy (non-hydrogen) atoms. The summed E-state index contributed by atoms with van der Waals surface area (Å²) >= 11 is 0. The Morgan fingerprint density at radius 3 is 2.78 bits per heavy atom. The fourth-order valence-corrected chi connectivity index (χ4v) is 2.43. The highest BCUT2D eigenvalue weighted by molar-refractivity contribution is 5.90. The smallest absolute Gasteiger partial charge is 0.150 e. The van der Waals surface area contributed by atoms with Crippen molar-refractivity contribution in [3.8, 4) is 0 Å². The van der Waals surface area contributed by atoms with Crippen molar-refractivity contribution in [2.45, 2.75) is 46.1 Å². The molecule has 0 atom stereocenters. The Labute approximate surface area is 109 Å². The molecule has 1 heterocycles. The molecule has 2 rings (SSSR count). The maximum absolute atomic E-state index is 10.8. The first-order valence-corrected chi connectivity index (χ1v) is 6.81. The maximum atomic E-state index is 10.8. The van der Waals surface area contributed by atoms with Gasteiger partial charge in [0, 0.05) is 29.4 Å². The van der Waals surface area contributed by atoms with Crippen molar-refractivity contribution in [1.82, 2.24) is 4.57 Å². The molecule has 0 aliphatic rings. The van der Waals surface area contributed by atoms with E-state index in [1.54, 1.807) is 0 Å². The van der Waals surface area contributed by atoms with E-state index in [9.17, 15) is 4.79 Å². The molecule has 2 nitrogen and oxygen atoms in total. The molecule has 0 spiro atoms. The van der Waals surface area contributed by atoms with Crippen LogP contribution in [0.1, 0.15) is 48.7 Å². The van der Waals surface area contributed by atoms with Gasteiger partial charge in [0.1, 0.15) is 6.29 Å². The first-order chi connectivity index (χ1) is 8.76. The van der Waals surface area contributed by atoms with Crippen molar-refractivity contribution in [3.63, 3.8) is 0 Å². The van der Waals surface area contributed by atoms with Crippen molar-refractivity contribution in [2.24, 2.45) is 0 Å². The first-order valence-electron chi connectivity index (χ1n) is 6.81. The molecule has 0 bridgehead atoms. The third-order valence-corrected chi connectivity index (χ3v) is 3.58. The molecule has 0 N–H and O–H groups in total. The Bertz CT molecular complexity index is 539. The summed E-state index contributed by atoms with van der Waals surface area (Å²) in [5.74, 6) is 0. The largest absolute Gasteiger partial charge is 0.350 e. The summed E-state index contributed by atoms with van der Waals surface area (Å²) in [5.41, 5.74) is 2.03. The van der Waals surface area contributed by atoms with Gasteiger partial charge in [-0.2, -0.15) is 0 Å². The second kappa shape index (κ2) is 5.85. The second-order valence-corrected chi connectivity index (χ2v) is 4.93. The highest BCUT2D eigenvalue weighted by atomic mass is 16.1. The minimum absolute atomic E-state index is 0.759. The summed E-state index contributed by atoms with van der Waals surface area (Å²) in [4.78, 5) is 10.8. The van der Waals surface area contributed by atoms with Crippen molar-refractivity contribution in [2.75, 3.05) is 0 Å². The van der Waals surface area contributed by atoms with E-state index >= 15 is 0 Å². The van der Waals surface area contributed by atoms with Gasteiger partial charge in [-0.05, 0) is 24.8 Å². The number of unbranched alkanes of at least 4 members (excludes halogenated alkanes) is 3. The van der Waals surface area contributed by atoms with Crippen LogP contribution >= 0.6 is 0 Å². The number of fused-ring (bicyclic) bond motifs is 1. The summed E-state index contributed by atoms with van der Waals surface area (Å²) in [6, 6.07) is 5.91. The first kappa shape index (κ1) is 12.9. The number of hydrogen-bond donors (Lipinski definition) is 0. The molecule has 0 amide bonds. The highest BCUT2D eigenvalue weighted by Crippen LogP contribution is 2.22. The Hall–Kier alpha value is -1.57. The second-order valence-electron chi connectivity index (χ2n) is 4.93. The number of hydrogen-bond acceptors (Lipinski definition) is 1. The third-order valence-electron chi connectivity index (χ3n) is 3.58. The molecular formula is C16H21NO. The predicted octanol–water partition coefficient (Wildman–Crippen LogP) is 4.34. The van der Waals surface area contributed by atoms with Crippen LogP contribution < -0.4 is 0 Å². The summed E-state index contributed by atoms with van der Waals surface area (Å²) in [6.45, 7) is 5.45. The topological polar surface area (TPSA) is 22.0 Å². The van der Waals surface area contributed by atoms with E-state index in [4.69, 9.17) is 0 Å². The van der Waals surface area contributed by atoms with Crippen LogP contribution in [0.4, 0.5) is 0 Å². The normalized spacial score (nSPS) is 11.0. The fraction of sp³-hybridized carbons (Fsp3) is 0.438. The summed E-state index contributed by atoms with van der Waals surface area (Å²) in [7, 11) is 0. The van der Waals surface area contributed by atoms with E-state index in [-0.39, 0.29) is 0 Å². The van der Waals surface area contributed by atoms with E-state index in [1.807, 2.05) is 18.2 Å². The van der Waals surface area contributed by atoms with Gasteiger partial charge in [0.15, 0.2) is 0 Å². The van der Waals surface area contributed by atoms with Crippen LogP contribution in [0.2, 0.25) is 0 Å². The van der Waals surface area contributed by atoms with Crippen LogP contribution in [0.25, 0.3) is 10.8 Å². The van der Waals surface area contributed by atoms with Crippen molar-refractivity contribution in [3.05, 3.63) is 35.7 Å². The van der Waals surface area contributed by atoms with Gasteiger partial charge in [-0.15, -0.1) is 0 Å². The van der Waals surface area contributed by atoms with Gasteiger partial charge in [-0.1, -0.05) is 38.3 Å². The van der Waals surface area contributed by atoms with E-state index in [2.05, 4.69) is 24.6 Å². The number of carbonyl (C=O) groups is 1. The molecule has 1 aromatic heterocycles. The number of benzene rings is 1. The molecule has 0 unspecified atom stereocenters. The lowest BCUT2D eigenvalue weighted by molar-refractivity contribution is 0.112. The summed E-state index contributed by atoms with van der Waals surface area (Å²) < 4.78 is 2.31. The lowest BCUT2D eigenvalue weighted by Crippen LogP contribution is -1.98. The number of carbonyl (C=O) groups excluding carboxylic acids is 1. The van der Waals surface area contributed by atoms with Gasteiger partial charge in [-0.25, -0.2) is 0 Å². The van der Waals surface area contributed by atoms with Crippen molar-refractivity contribution >= 4 is 17.1 Å². The van der Waals surface area contributed by atoms with Crippen molar-refractivity contribution < 1.29 is 4.79 Å². The fourth-order valence-electron chi connectivity index (χ4n) is 2.43. The Morgan fingerprint density at radius 1 is 1.22 bits per heavy atom. The molecule has 96 valence electrons. The van der Waals surface area contributed by atoms with Crippen LogP contribution in [-0.2, 0) is 6.54 Å². The van der Waals surface area contributed by atoms with Crippen LogP contribution in [0.15, 0.2) is 24.4 Å². The molecule has 2 aromatic rings. The predicted molar refractivity (Wildman–Crippen MR) is 76.2 cm³/mol. The van der Waals surface area contributed by atoms with Gasteiger partial charge in [0.25, 0.3) is 0 Å². The lowest BCUT2D eigenvalue weighted by Gasteiger charge is -2.05. The lowest BCUT2D eigenvalue weighted by atomic mass is 10.1. The molecule has 0 saturated heterocycles. The average Bonchev–Trinajstić information content (AvgIpc) is 2.71. The number of aryl methyl sites for hydroxylation is 2. The molecule has 0 aliphatic heterocycles. The molecule has 1 aromatic carbocycles. The van der Waals surface area contributed by atoms with Crippen LogP contribution in [-0.4, -0.2) is 10.9 Å². The molecule has 0 fully saturated rings. The number of aromatic nitrogens is 1. The zero-order chi connectivity index (χ0) is 13.0. The Balaban J connectivity index is 2.19. The van der Waals surface area contributed by atoms with Gasteiger partial charge < -0.3 is 4.57 Å². The number of nitrogens with zero attached hydrogens (tertiary/aromatic N) is 1. The van der Waals surface area contributed by atoms with Crippen LogP contribution in [0, 0.1) is 6.92 Å². The van der Waals surface area contributed by atoms with Gasteiger partial charge in [0.05, 0.1) is 0 Å². The third kappa shape index (κ3) is 2.63. The molecular weight excluding hydrogens is 222 g/mol.